The van der Waals surface area contributed by atoms with Crippen molar-refractivity contribution in [3.63, 3.8) is 0 Å². The van der Waals surface area contributed by atoms with E-state index in [0.717, 1.165) is 27.0 Å². The summed E-state index contributed by atoms with van der Waals surface area (Å²) in [6.45, 7) is 1.95. The first-order valence-corrected chi connectivity index (χ1v) is 10.0. The number of nitrogen functional groups attached to an aromatic ring is 1. The first kappa shape index (κ1) is 18.5. The Morgan fingerprint density at radius 2 is 1.79 bits per heavy atom. The Labute approximate surface area is 172 Å². The van der Waals surface area contributed by atoms with Crippen LogP contribution >= 0.6 is 22.9 Å². The summed E-state index contributed by atoms with van der Waals surface area (Å²) in [6.07, 6.45) is 0. The zero-order valence-corrected chi connectivity index (χ0v) is 16.7. The van der Waals surface area contributed by atoms with Crippen LogP contribution in [0.1, 0.15) is 28.2 Å². The molecule has 1 amide bonds. The Hall–Kier alpha value is -2.89. The highest BCUT2D eigenvalue weighted by Gasteiger charge is 2.19. The zero-order valence-electron chi connectivity index (χ0n) is 15.1. The highest BCUT2D eigenvalue weighted by molar-refractivity contribution is 7.21. The van der Waals surface area contributed by atoms with Gasteiger partial charge in [0, 0.05) is 16.0 Å². The van der Waals surface area contributed by atoms with Gasteiger partial charge in [0.2, 0.25) is 0 Å². The van der Waals surface area contributed by atoms with Crippen LogP contribution < -0.4 is 11.1 Å². The molecule has 4 aromatic rings. The second-order valence-corrected chi connectivity index (χ2v) is 7.94. The molecule has 6 heteroatoms. The van der Waals surface area contributed by atoms with Gasteiger partial charge < -0.3 is 11.1 Å². The molecule has 0 aliphatic rings. The molecule has 3 N–H and O–H groups in total. The second-order valence-electron chi connectivity index (χ2n) is 6.51. The van der Waals surface area contributed by atoms with Gasteiger partial charge >= 0.3 is 0 Å². The van der Waals surface area contributed by atoms with Gasteiger partial charge in [0.05, 0.1) is 17.4 Å². The van der Waals surface area contributed by atoms with E-state index in [9.17, 15) is 4.79 Å². The standard InChI is InChI=1S/C22H18ClN3OS/c1-13(14-5-3-2-4-6-14)25-21(27)20-19(24)17-11-12-18(26-22(17)28-20)15-7-9-16(23)10-8-15/h2-13H,24H2,1H3,(H,25,27). The number of hydrogen-bond donors (Lipinski definition) is 2. The van der Waals surface area contributed by atoms with E-state index in [-0.39, 0.29) is 11.9 Å². The summed E-state index contributed by atoms with van der Waals surface area (Å²) in [6, 6.07) is 21.0. The molecular formula is C22H18ClN3OS. The minimum Gasteiger partial charge on any atom is -0.397 e. The van der Waals surface area contributed by atoms with Gasteiger partial charge in [-0.05, 0) is 36.8 Å². The summed E-state index contributed by atoms with van der Waals surface area (Å²) in [5.41, 5.74) is 9.54. The van der Waals surface area contributed by atoms with Crippen molar-refractivity contribution in [3.05, 3.63) is 82.2 Å². The maximum absolute atomic E-state index is 12.8. The molecule has 2 aromatic heterocycles. The zero-order chi connectivity index (χ0) is 19.7. The number of amides is 1. The number of nitrogens with zero attached hydrogens (tertiary/aromatic N) is 1. The van der Waals surface area contributed by atoms with Crippen LogP contribution in [0.25, 0.3) is 21.5 Å². The van der Waals surface area contributed by atoms with Crippen molar-refractivity contribution in [2.24, 2.45) is 0 Å². The van der Waals surface area contributed by atoms with Crippen molar-refractivity contribution in [1.82, 2.24) is 10.3 Å². The molecule has 2 heterocycles. The molecule has 0 aliphatic heterocycles. The molecule has 2 aromatic carbocycles. The Kier molecular flexibility index (Phi) is 5.03. The van der Waals surface area contributed by atoms with Crippen LogP contribution in [0.5, 0.6) is 0 Å². The third kappa shape index (κ3) is 3.59. The molecule has 1 unspecified atom stereocenters. The number of pyridine rings is 1. The predicted molar refractivity (Wildman–Crippen MR) is 117 cm³/mol. The van der Waals surface area contributed by atoms with E-state index in [2.05, 4.69) is 5.32 Å². The molecule has 0 saturated carbocycles. The normalized spacial score (nSPS) is 12.1. The monoisotopic (exact) mass is 407 g/mol. The number of carbonyl (C=O) groups excluding carboxylic acids is 1. The van der Waals surface area contributed by atoms with Crippen LogP contribution in [0.3, 0.4) is 0 Å². The third-order valence-electron chi connectivity index (χ3n) is 4.59. The lowest BCUT2D eigenvalue weighted by molar-refractivity contribution is 0.0945. The lowest BCUT2D eigenvalue weighted by Gasteiger charge is -2.13. The summed E-state index contributed by atoms with van der Waals surface area (Å²) < 4.78 is 0. The van der Waals surface area contributed by atoms with Crippen LogP contribution in [0.4, 0.5) is 5.69 Å². The number of rotatable bonds is 4. The van der Waals surface area contributed by atoms with Crippen LogP contribution in [0.15, 0.2) is 66.7 Å². The molecule has 28 heavy (non-hydrogen) atoms. The number of nitrogens with two attached hydrogens (primary N) is 1. The van der Waals surface area contributed by atoms with Gasteiger partial charge in [0.1, 0.15) is 9.71 Å². The van der Waals surface area contributed by atoms with E-state index in [0.29, 0.717) is 15.6 Å². The van der Waals surface area contributed by atoms with Crippen molar-refractivity contribution < 1.29 is 4.79 Å². The van der Waals surface area contributed by atoms with Crippen molar-refractivity contribution in [3.8, 4) is 11.3 Å². The quantitative estimate of drug-likeness (QED) is 0.456. The van der Waals surface area contributed by atoms with Crippen molar-refractivity contribution in [1.29, 1.82) is 0 Å². The minimum atomic E-state index is -0.190. The fourth-order valence-corrected chi connectivity index (χ4v) is 4.16. The summed E-state index contributed by atoms with van der Waals surface area (Å²) in [5, 5.41) is 4.49. The minimum absolute atomic E-state index is 0.115. The number of carbonyl (C=O) groups is 1. The number of halogens is 1. The van der Waals surface area contributed by atoms with Gasteiger partial charge in [0.25, 0.3) is 5.91 Å². The van der Waals surface area contributed by atoms with E-state index >= 15 is 0 Å². The van der Waals surface area contributed by atoms with E-state index in [1.54, 1.807) is 0 Å². The number of nitrogens with one attached hydrogen (secondary N) is 1. The number of benzene rings is 2. The van der Waals surface area contributed by atoms with E-state index in [4.69, 9.17) is 22.3 Å². The molecule has 140 valence electrons. The first-order chi connectivity index (χ1) is 13.5. The lowest BCUT2D eigenvalue weighted by Crippen LogP contribution is -2.26. The molecule has 1 atom stereocenters. The molecule has 4 nitrogen and oxygen atoms in total. The second kappa shape index (κ2) is 7.62. The highest BCUT2D eigenvalue weighted by atomic mass is 35.5. The molecule has 0 bridgehead atoms. The van der Waals surface area contributed by atoms with Gasteiger partial charge in [0.15, 0.2) is 0 Å². The maximum Gasteiger partial charge on any atom is 0.264 e. The molecular weight excluding hydrogens is 390 g/mol. The molecule has 0 radical (unpaired) electrons. The summed E-state index contributed by atoms with van der Waals surface area (Å²) in [7, 11) is 0. The van der Waals surface area contributed by atoms with Crippen molar-refractivity contribution in [2.45, 2.75) is 13.0 Å². The number of hydrogen-bond acceptors (Lipinski definition) is 4. The van der Waals surface area contributed by atoms with Gasteiger partial charge in [-0.15, -0.1) is 11.3 Å². The number of fused-ring (bicyclic) bond motifs is 1. The lowest BCUT2D eigenvalue weighted by atomic mass is 10.1. The Bertz CT molecular complexity index is 1140. The molecule has 0 spiro atoms. The predicted octanol–water partition coefficient (Wildman–Crippen LogP) is 5.69. The van der Waals surface area contributed by atoms with Gasteiger partial charge in [-0.3, -0.25) is 4.79 Å². The number of aromatic nitrogens is 1. The maximum atomic E-state index is 12.8. The average Bonchev–Trinajstić information content (AvgIpc) is 3.05. The van der Waals surface area contributed by atoms with Gasteiger partial charge in [-0.1, -0.05) is 54.1 Å². The Morgan fingerprint density at radius 1 is 1.07 bits per heavy atom. The number of thiophene rings is 1. The fourth-order valence-electron chi connectivity index (χ4n) is 3.03. The van der Waals surface area contributed by atoms with Crippen LogP contribution in [0, 0.1) is 0 Å². The fraction of sp³-hybridized carbons (Fsp3) is 0.0909. The van der Waals surface area contributed by atoms with E-state index < -0.39 is 0 Å². The van der Waals surface area contributed by atoms with E-state index in [1.807, 2.05) is 73.7 Å². The SMILES string of the molecule is CC(NC(=O)c1sc2nc(-c3ccc(Cl)cc3)ccc2c1N)c1ccccc1. The Balaban J connectivity index is 1.63. The van der Waals surface area contributed by atoms with Gasteiger partial charge in [-0.2, -0.15) is 0 Å². The largest absolute Gasteiger partial charge is 0.397 e. The van der Waals surface area contributed by atoms with Crippen molar-refractivity contribution >= 4 is 44.7 Å². The van der Waals surface area contributed by atoms with Gasteiger partial charge in [-0.25, -0.2) is 4.98 Å². The summed E-state index contributed by atoms with van der Waals surface area (Å²) in [4.78, 5) is 18.7. The van der Waals surface area contributed by atoms with Crippen LogP contribution in [0.2, 0.25) is 5.02 Å². The summed E-state index contributed by atoms with van der Waals surface area (Å²) in [5.74, 6) is -0.190. The smallest absolute Gasteiger partial charge is 0.264 e. The summed E-state index contributed by atoms with van der Waals surface area (Å²) >= 11 is 7.27. The number of anilines is 1. The highest BCUT2D eigenvalue weighted by Crippen LogP contribution is 2.34. The molecule has 4 rings (SSSR count). The van der Waals surface area contributed by atoms with Crippen LogP contribution in [-0.2, 0) is 0 Å². The third-order valence-corrected chi connectivity index (χ3v) is 5.95. The first-order valence-electron chi connectivity index (χ1n) is 8.83. The van der Waals surface area contributed by atoms with E-state index in [1.165, 1.54) is 11.3 Å². The average molecular weight is 408 g/mol. The molecule has 0 aliphatic carbocycles. The Morgan fingerprint density at radius 3 is 2.50 bits per heavy atom. The van der Waals surface area contributed by atoms with Crippen LogP contribution in [-0.4, -0.2) is 10.9 Å². The molecule has 0 fully saturated rings. The topological polar surface area (TPSA) is 68.0 Å². The van der Waals surface area contributed by atoms with Crippen molar-refractivity contribution in [2.75, 3.05) is 5.73 Å². The molecule has 0 saturated heterocycles.